The van der Waals surface area contributed by atoms with Crippen LogP contribution in [0.15, 0.2) is 12.2 Å². The Bertz CT molecular complexity index is 1570. The standard InChI is InChI=1S/C67H126N2O19/c1-54(2)84-46-43-78-40-27-61(70)24-13-16-31-75-34-20-37-81-51-67(52-82-38-21-35-76-32-17-14-25-62(71)28-41-79-44-47-85-55(3)4,53-83-39-22-36-77-33-18-15-26-63(72)29-42-80-45-48-86-56(5)6)49-59(11)23-19-30-68-66(74)65(60(12)88-58(9)10)69-64(73)50-87-57(7)8/h54-58,60,65H,11,13-53H2,1-10,12H3,(H,68,74)(H,69,73). The first-order valence-corrected chi connectivity index (χ1v) is 33.4. The molecule has 0 aromatic rings. The number of unbranched alkanes of at least 4 members (excludes halogenated alkanes) is 3. The third-order valence-corrected chi connectivity index (χ3v) is 13.3. The molecule has 0 radical (unpaired) electrons. The molecule has 0 aliphatic carbocycles. The second-order valence-electron chi connectivity index (χ2n) is 24.0. The van der Waals surface area contributed by atoms with Gasteiger partial charge in [0, 0.05) is 110 Å². The minimum absolute atomic E-state index is 0.144. The van der Waals surface area contributed by atoms with Crippen molar-refractivity contribution in [3.8, 4) is 0 Å². The molecule has 21 nitrogen and oxygen atoms in total. The Morgan fingerprint density at radius 3 is 1.08 bits per heavy atom. The van der Waals surface area contributed by atoms with Crippen LogP contribution in [-0.2, 0) is 90.3 Å². The zero-order valence-electron chi connectivity index (χ0n) is 57.0. The van der Waals surface area contributed by atoms with Gasteiger partial charge >= 0.3 is 0 Å². The van der Waals surface area contributed by atoms with Crippen molar-refractivity contribution in [1.82, 2.24) is 10.6 Å². The van der Waals surface area contributed by atoms with Crippen molar-refractivity contribution in [3.05, 3.63) is 12.2 Å². The molecule has 0 saturated heterocycles. The van der Waals surface area contributed by atoms with E-state index < -0.39 is 23.5 Å². The number of ketones is 3. The smallest absolute Gasteiger partial charge is 0.246 e. The molecule has 2 atom stereocenters. The summed E-state index contributed by atoms with van der Waals surface area (Å²) in [5.74, 6) is -0.193. The van der Waals surface area contributed by atoms with E-state index in [9.17, 15) is 24.0 Å². The second-order valence-corrected chi connectivity index (χ2v) is 24.0. The van der Waals surface area contributed by atoms with Gasteiger partial charge in [-0.1, -0.05) is 12.2 Å². The van der Waals surface area contributed by atoms with Crippen LogP contribution in [0.4, 0.5) is 0 Å². The first-order valence-electron chi connectivity index (χ1n) is 33.4. The zero-order valence-corrected chi connectivity index (χ0v) is 57.0. The average molecular weight is 1260 g/mol. The Hall–Kier alpha value is -2.87. The van der Waals surface area contributed by atoms with Crippen molar-refractivity contribution in [3.63, 3.8) is 0 Å². The van der Waals surface area contributed by atoms with Gasteiger partial charge in [-0.05, 0) is 153 Å². The number of hydrogen-bond acceptors (Lipinski definition) is 19. The highest BCUT2D eigenvalue weighted by Crippen LogP contribution is 2.30. The van der Waals surface area contributed by atoms with E-state index in [2.05, 4.69) is 17.2 Å². The molecule has 0 aromatic heterocycles. The Kier molecular flexibility index (Phi) is 57.2. The van der Waals surface area contributed by atoms with Crippen molar-refractivity contribution < 1.29 is 90.3 Å². The SMILES string of the molecule is C=C(CCCNC(=O)C(NC(=O)COC(C)C)C(C)OC(C)C)CC(COCCCOCCCCC(=O)CCOCCOC(C)C)(COCCCOCCCCC(=O)CCOCCOC(C)C)COCCCOCCCCC(=O)CCOCCOC(C)C. The molecule has 2 unspecified atom stereocenters. The van der Waals surface area contributed by atoms with Crippen LogP contribution in [0.5, 0.6) is 0 Å². The number of ether oxygens (including phenoxy) is 14. The highest BCUT2D eigenvalue weighted by molar-refractivity contribution is 5.88. The first-order chi connectivity index (χ1) is 42.2. The Morgan fingerprint density at radius 2 is 0.716 bits per heavy atom. The predicted octanol–water partition coefficient (Wildman–Crippen LogP) is 9.52. The normalized spacial score (nSPS) is 12.7. The van der Waals surface area contributed by atoms with Crippen molar-refractivity contribution in [1.29, 1.82) is 0 Å². The number of rotatable bonds is 68. The molecule has 0 heterocycles. The van der Waals surface area contributed by atoms with E-state index in [4.69, 9.17) is 66.3 Å². The molecule has 88 heavy (non-hydrogen) atoms. The van der Waals surface area contributed by atoms with Gasteiger partial charge < -0.3 is 76.9 Å². The van der Waals surface area contributed by atoms with Gasteiger partial charge in [-0.3, -0.25) is 24.0 Å². The zero-order chi connectivity index (χ0) is 65.3. The van der Waals surface area contributed by atoms with Crippen LogP contribution in [-0.4, -0.2) is 224 Å². The fourth-order valence-electron chi connectivity index (χ4n) is 8.73. The maximum atomic E-state index is 13.6. The molecule has 0 aliphatic heterocycles. The van der Waals surface area contributed by atoms with Crippen molar-refractivity contribution >= 4 is 29.2 Å². The third-order valence-electron chi connectivity index (χ3n) is 13.3. The predicted molar refractivity (Wildman–Crippen MR) is 342 cm³/mol. The summed E-state index contributed by atoms with van der Waals surface area (Å²) in [5, 5.41) is 5.80. The summed E-state index contributed by atoms with van der Waals surface area (Å²) < 4.78 is 81.5. The van der Waals surface area contributed by atoms with E-state index in [1.54, 1.807) is 6.92 Å². The number of nitrogens with one attached hydrogen (secondary N) is 2. The van der Waals surface area contributed by atoms with Gasteiger partial charge in [-0.15, -0.1) is 0 Å². The molecule has 518 valence electrons. The van der Waals surface area contributed by atoms with Crippen LogP contribution in [0.1, 0.15) is 192 Å². The van der Waals surface area contributed by atoms with Crippen LogP contribution in [0, 0.1) is 5.41 Å². The lowest BCUT2D eigenvalue weighted by atomic mass is 9.82. The van der Waals surface area contributed by atoms with Crippen molar-refractivity contribution in [2.75, 3.05) is 152 Å². The Balaban J connectivity index is 5.71. The van der Waals surface area contributed by atoms with Crippen LogP contribution in [0.3, 0.4) is 0 Å². The summed E-state index contributed by atoms with van der Waals surface area (Å²) in [7, 11) is 0. The molecule has 0 bridgehead atoms. The van der Waals surface area contributed by atoms with Gasteiger partial charge in [0.25, 0.3) is 0 Å². The average Bonchev–Trinajstić information content (AvgIpc) is 3.56. The van der Waals surface area contributed by atoms with Crippen molar-refractivity contribution in [2.24, 2.45) is 5.41 Å². The third kappa shape index (κ3) is 57.1. The maximum absolute atomic E-state index is 13.6. The second kappa shape index (κ2) is 59.2. The number of Topliss-reactive ketones (excluding diaryl/α,β-unsaturated/α-hetero) is 3. The highest BCUT2D eigenvalue weighted by atomic mass is 16.5. The maximum Gasteiger partial charge on any atom is 0.246 e. The molecule has 0 fully saturated rings. The lowest BCUT2D eigenvalue weighted by Gasteiger charge is -2.34. The van der Waals surface area contributed by atoms with Gasteiger partial charge in [-0.25, -0.2) is 0 Å². The molecular formula is C67H126N2O19. The summed E-state index contributed by atoms with van der Waals surface area (Å²) in [5.41, 5.74) is 0.331. The van der Waals surface area contributed by atoms with Gasteiger partial charge in [-0.2, -0.15) is 0 Å². The number of carbonyl (C=O) groups is 5. The molecule has 2 N–H and O–H groups in total. The number of amides is 2. The van der Waals surface area contributed by atoms with Crippen LogP contribution >= 0.6 is 0 Å². The summed E-state index contributed by atoms with van der Waals surface area (Å²) >= 11 is 0. The topological polar surface area (TPSA) is 239 Å². The fourth-order valence-corrected chi connectivity index (χ4v) is 8.73. The Labute approximate surface area is 532 Å². The molecular weight excluding hydrogens is 1140 g/mol. The summed E-state index contributed by atoms with van der Waals surface area (Å²) in [4.78, 5) is 63.4. The van der Waals surface area contributed by atoms with E-state index >= 15 is 0 Å². The fraction of sp³-hybridized carbons (Fsp3) is 0.896. The summed E-state index contributed by atoms with van der Waals surface area (Å²) in [6.07, 6.45) is 10.6. The molecule has 0 rings (SSSR count). The van der Waals surface area contributed by atoms with Crippen LogP contribution < -0.4 is 10.6 Å². The van der Waals surface area contributed by atoms with Gasteiger partial charge in [0.05, 0.1) is 116 Å². The van der Waals surface area contributed by atoms with Crippen molar-refractivity contribution in [2.45, 2.75) is 234 Å². The van der Waals surface area contributed by atoms with Crippen LogP contribution in [0.25, 0.3) is 0 Å². The first kappa shape index (κ1) is 85.1. The largest absolute Gasteiger partial charge is 0.381 e. The quantitative estimate of drug-likeness (QED) is 0.0426. The number of hydrogen-bond donors (Lipinski definition) is 2. The van der Waals surface area contributed by atoms with E-state index in [-0.39, 0.29) is 60.4 Å². The highest BCUT2D eigenvalue weighted by Gasteiger charge is 2.33. The molecule has 21 heteroatoms. The molecule has 0 saturated carbocycles. The van der Waals surface area contributed by atoms with Gasteiger partial charge in [0.15, 0.2) is 0 Å². The lowest BCUT2D eigenvalue weighted by Crippen LogP contribution is -2.54. The molecule has 0 spiro atoms. The minimum atomic E-state index is -0.916. The van der Waals surface area contributed by atoms with Gasteiger partial charge in [0.1, 0.15) is 30.0 Å². The van der Waals surface area contributed by atoms with E-state index in [0.717, 1.165) is 44.1 Å². The van der Waals surface area contributed by atoms with E-state index in [0.29, 0.717) is 222 Å². The van der Waals surface area contributed by atoms with Gasteiger partial charge in [0.2, 0.25) is 11.8 Å². The van der Waals surface area contributed by atoms with E-state index in [1.807, 2.05) is 69.2 Å². The number of allylic oxidation sites excluding steroid dienone is 1. The molecule has 0 aliphatic rings. The monoisotopic (exact) mass is 1260 g/mol. The summed E-state index contributed by atoms with van der Waals surface area (Å²) in [6, 6.07) is -0.916. The molecule has 2 amide bonds. The Morgan fingerprint density at radius 1 is 0.364 bits per heavy atom. The minimum Gasteiger partial charge on any atom is -0.381 e. The molecule has 0 aromatic carbocycles. The van der Waals surface area contributed by atoms with Crippen LogP contribution in [0.2, 0.25) is 0 Å². The van der Waals surface area contributed by atoms with E-state index in [1.165, 1.54) is 0 Å². The lowest BCUT2D eigenvalue weighted by molar-refractivity contribution is -0.136. The summed E-state index contributed by atoms with van der Waals surface area (Å²) in [6.45, 7) is 35.5. The number of carbonyl (C=O) groups excluding carboxylic acids is 5.